The van der Waals surface area contributed by atoms with Gasteiger partial charge in [-0.3, -0.25) is 4.68 Å². The Morgan fingerprint density at radius 1 is 1.37 bits per heavy atom. The minimum Gasteiger partial charge on any atom is -0.462 e. The topological polar surface area (TPSA) is 99.3 Å². The lowest BCUT2D eigenvalue weighted by Crippen LogP contribution is -2.49. The average Bonchev–Trinajstić information content (AvgIpc) is 3.33. The summed E-state index contributed by atoms with van der Waals surface area (Å²) in [7, 11) is -2.59. The molecule has 2 aliphatic rings. The van der Waals surface area contributed by atoms with Gasteiger partial charge in [0.15, 0.2) is 5.82 Å². The van der Waals surface area contributed by atoms with Crippen molar-refractivity contribution in [1.82, 2.24) is 19.6 Å². The second-order valence-corrected chi connectivity index (χ2v) is 9.43. The predicted molar refractivity (Wildman–Crippen MR) is 102 cm³/mol. The van der Waals surface area contributed by atoms with Gasteiger partial charge in [0.05, 0.1) is 24.5 Å². The maximum Gasteiger partial charge on any atom is 0.343 e. The van der Waals surface area contributed by atoms with E-state index in [0.717, 1.165) is 28.0 Å². The fourth-order valence-corrected chi connectivity index (χ4v) is 6.01. The van der Waals surface area contributed by atoms with Crippen LogP contribution >= 0.6 is 0 Å². The molecule has 1 aliphatic carbocycles. The van der Waals surface area contributed by atoms with Crippen LogP contribution in [0.4, 0.5) is 14.6 Å². The summed E-state index contributed by atoms with van der Waals surface area (Å²) in [4.78, 5) is 12.5. The molecule has 0 amide bonds. The maximum atomic E-state index is 13.9. The second kappa shape index (κ2) is 7.33. The Balaban J connectivity index is 1.94. The fraction of sp³-hybridized carbons (Fsp3) is 0.611. The third kappa shape index (κ3) is 3.26. The third-order valence-corrected chi connectivity index (χ3v) is 7.45. The number of aryl methyl sites for hydroxylation is 2. The van der Waals surface area contributed by atoms with Crippen molar-refractivity contribution >= 4 is 21.8 Å². The number of nitrogens with zero attached hydrogens (tertiary/aromatic N) is 5. The van der Waals surface area contributed by atoms with Gasteiger partial charge in [-0.2, -0.15) is 10.2 Å². The van der Waals surface area contributed by atoms with Crippen LogP contribution in [0.15, 0.2) is 17.3 Å². The highest BCUT2D eigenvalue weighted by Gasteiger charge is 2.51. The molecular weight excluding hydrogens is 420 g/mol. The van der Waals surface area contributed by atoms with Crippen LogP contribution in [0.3, 0.4) is 0 Å². The van der Waals surface area contributed by atoms with Crippen LogP contribution in [-0.2, 0) is 21.8 Å². The van der Waals surface area contributed by atoms with Crippen molar-refractivity contribution in [2.24, 2.45) is 13.0 Å². The minimum absolute atomic E-state index is 0.0336. The lowest BCUT2D eigenvalue weighted by atomic mass is 10.00. The zero-order valence-corrected chi connectivity index (χ0v) is 17.6. The second-order valence-electron chi connectivity index (χ2n) is 7.64. The van der Waals surface area contributed by atoms with Gasteiger partial charge in [-0.1, -0.05) is 0 Å². The quantitative estimate of drug-likeness (QED) is 0.635. The molecule has 0 spiro atoms. The van der Waals surface area contributed by atoms with Gasteiger partial charge in [-0.05, 0) is 39.0 Å². The predicted octanol–water partition coefficient (Wildman–Crippen LogP) is 2.29. The molecule has 1 fully saturated rings. The molecule has 4 rings (SSSR count). The number of esters is 1. The Morgan fingerprint density at radius 3 is 2.60 bits per heavy atom. The Bertz CT molecular complexity index is 1080. The molecule has 0 aromatic carbocycles. The number of aromatic nitrogens is 4. The Labute approximate surface area is 172 Å². The standard InChI is InChI=1S/C18H23F2N5O4S/c1-4-29-18(26)12-8-21-24-14(16(19)20)7-13(11-5-6-11)25(17(12)24)30(27,28)15-9-23(3)22-10(15)2/h8-9,11,13-14,16H,4-7H2,1-3H3/t13-,14-/m0/s1. The molecular formula is C18H23F2N5O4S. The molecule has 1 aliphatic heterocycles. The SMILES string of the molecule is CCOC(=O)c1cnn2c1N(S(=O)(=O)c1cn(C)nc1C)[C@H](C1CC1)C[C@H]2C(F)F. The Hall–Kier alpha value is -2.50. The first-order valence-electron chi connectivity index (χ1n) is 9.74. The lowest BCUT2D eigenvalue weighted by molar-refractivity contribution is 0.0518. The molecule has 0 saturated heterocycles. The largest absolute Gasteiger partial charge is 0.462 e. The van der Waals surface area contributed by atoms with Crippen molar-refractivity contribution in [2.45, 2.75) is 56.5 Å². The number of sulfonamides is 1. The maximum absolute atomic E-state index is 13.9. The van der Waals surface area contributed by atoms with E-state index in [1.165, 1.54) is 10.9 Å². The zero-order valence-electron chi connectivity index (χ0n) is 16.8. The molecule has 30 heavy (non-hydrogen) atoms. The van der Waals surface area contributed by atoms with Crippen molar-refractivity contribution in [3.8, 4) is 0 Å². The van der Waals surface area contributed by atoms with Crippen molar-refractivity contribution in [2.75, 3.05) is 10.9 Å². The van der Waals surface area contributed by atoms with Crippen LogP contribution < -0.4 is 4.31 Å². The highest BCUT2D eigenvalue weighted by Crippen LogP contribution is 2.48. The molecule has 1 saturated carbocycles. The molecule has 0 bridgehead atoms. The summed E-state index contributed by atoms with van der Waals surface area (Å²) < 4.78 is 63.7. The molecule has 0 radical (unpaired) electrons. The van der Waals surface area contributed by atoms with Crippen molar-refractivity contribution in [1.29, 1.82) is 0 Å². The van der Waals surface area contributed by atoms with Crippen LogP contribution in [0.1, 0.15) is 48.3 Å². The summed E-state index contributed by atoms with van der Waals surface area (Å²) in [6.45, 7) is 3.23. The zero-order chi connectivity index (χ0) is 21.8. The first kappa shape index (κ1) is 20.8. The average molecular weight is 443 g/mol. The molecule has 3 heterocycles. The van der Waals surface area contributed by atoms with Crippen LogP contribution in [0.5, 0.6) is 0 Å². The molecule has 9 nitrogen and oxygen atoms in total. The first-order valence-corrected chi connectivity index (χ1v) is 11.2. The molecule has 2 aromatic rings. The number of rotatable bonds is 6. The van der Waals surface area contributed by atoms with Gasteiger partial charge in [0.2, 0.25) is 0 Å². The van der Waals surface area contributed by atoms with E-state index in [9.17, 15) is 22.0 Å². The molecule has 2 aromatic heterocycles. The lowest BCUT2D eigenvalue weighted by Gasteiger charge is -2.40. The summed E-state index contributed by atoms with van der Waals surface area (Å²) >= 11 is 0. The van der Waals surface area contributed by atoms with Crippen molar-refractivity contribution in [3.05, 3.63) is 23.7 Å². The Morgan fingerprint density at radius 2 is 2.07 bits per heavy atom. The molecule has 0 unspecified atom stereocenters. The van der Waals surface area contributed by atoms with Gasteiger partial charge in [0.25, 0.3) is 16.4 Å². The van der Waals surface area contributed by atoms with Gasteiger partial charge in [0, 0.05) is 13.2 Å². The van der Waals surface area contributed by atoms with E-state index < -0.39 is 34.5 Å². The van der Waals surface area contributed by atoms with E-state index in [0.29, 0.717) is 0 Å². The summed E-state index contributed by atoms with van der Waals surface area (Å²) in [6, 6.07) is -2.03. The van der Waals surface area contributed by atoms with Crippen LogP contribution in [0.2, 0.25) is 0 Å². The van der Waals surface area contributed by atoms with E-state index in [-0.39, 0.29) is 40.9 Å². The van der Waals surface area contributed by atoms with E-state index >= 15 is 0 Å². The molecule has 0 N–H and O–H groups in total. The van der Waals surface area contributed by atoms with Gasteiger partial charge < -0.3 is 4.74 Å². The third-order valence-electron chi connectivity index (χ3n) is 5.53. The first-order chi connectivity index (χ1) is 14.2. The number of halogens is 2. The fourth-order valence-electron chi connectivity index (χ4n) is 4.07. The number of ether oxygens (including phenoxy) is 1. The molecule has 12 heteroatoms. The van der Waals surface area contributed by atoms with E-state index in [2.05, 4.69) is 10.2 Å². The van der Waals surface area contributed by atoms with Crippen LogP contribution in [0, 0.1) is 12.8 Å². The summed E-state index contributed by atoms with van der Waals surface area (Å²) in [5.41, 5.74) is 0.143. The number of fused-ring (bicyclic) bond motifs is 1. The summed E-state index contributed by atoms with van der Waals surface area (Å²) in [5, 5.41) is 8.08. The summed E-state index contributed by atoms with van der Waals surface area (Å²) in [5.74, 6) is -1.02. The minimum atomic E-state index is -4.19. The number of alkyl halides is 2. The van der Waals surface area contributed by atoms with Crippen molar-refractivity contribution < 1.29 is 26.7 Å². The van der Waals surface area contributed by atoms with E-state index in [1.807, 2.05) is 0 Å². The summed E-state index contributed by atoms with van der Waals surface area (Å²) in [6.07, 6.45) is 1.11. The molecule has 2 atom stereocenters. The van der Waals surface area contributed by atoms with E-state index in [1.54, 1.807) is 20.9 Å². The van der Waals surface area contributed by atoms with Gasteiger partial charge in [-0.25, -0.2) is 31.0 Å². The van der Waals surface area contributed by atoms with Gasteiger partial charge in [0.1, 0.15) is 16.5 Å². The van der Waals surface area contributed by atoms with Gasteiger partial charge in [-0.15, -0.1) is 0 Å². The number of carbonyl (C=O) groups is 1. The van der Waals surface area contributed by atoms with Crippen LogP contribution in [0.25, 0.3) is 0 Å². The van der Waals surface area contributed by atoms with Crippen molar-refractivity contribution in [3.63, 3.8) is 0 Å². The van der Waals surface area contributed by atoms with E-state index in [4.69, 9.17) is 4.74 Å². The smallest absolute Gasteiger partial charge is 0.343 e. The Kier molecular flexibility index (Phi) is 5.07. The normalized spacial score (nSPS) is 21.7. The molecule has 164 valence electrons. The highest BCUT2D eigenvalue weighted by molar-refractivity contribution is 7.93. The number of hydrogen-bond donors (Lipinski definition) is 0. The van der Waals surface area contributed by atoms with Crippen LogP contribution in [-0.4, -0.2) is 53.0 Å². The number of carbonyl (C=O) groups excluding carboxylic acids is 1. The number of anilines is 1. The monoisotopic (exact) mass is 443 g/mol. The highest BCUT2D eigenvalue weighted by atomic mass is 32.2. The van der Waals surface area contributed by atoms with Gasteiger partial charge >= 0.3 is 5.97 Å². The number of hydrogen-bond acceptors (Lipinski definition) is 6.